The SMILES string of the molecule is COc1ccc2nc3c(c(C)nn3C)c(Cl)c2c1. The lowest BCUT2D eigenvalue weighted by Crippen LogP contribution is -1.93. The summed E-state index contributed by atoms with van der Waals surface area (Å²) in [6, 6.07) is 5.68. The van der Waals surface area contributed by atoms with E-state index in [9.17, 15) is 0 Å². The highest BCUT2D eigenvalue weighted by molar-refractivity contribution is 6.40. The van der Waals surface area contributed by atoms with Gasteiger partial charge >= 0.3 is 0 Å². The van der Waals surface area contributed by atoms with Gasteiger partial charge in [0.05, 0.1) is 28.7 Å². The molecule has 0 aliphatic carbocycles. The van der Waals surface area contributed by atoms with E-state index in [1.807, 2.05) is 32.2 Å². The van der Waals surface area contributed by atoms with Gasteiger partial charge in [-0.1, -0.05) is 11.6 Å². The number of fused-ring (bicyclic) bond motifs is 2. The van der Waals surface area contributed by atoms with Crippen LogP contribution in [0.25, 0.3) is 21.9 Å². The fourth-order valence-corrected chi connectivity index (χ4v) is 2.57. The number of rotatable bonds is 1. The zero-order valence-corrected chi connectivity index (χ0v) is 11.1. The van der Waals surface area contributed by atoms with E-state index in [1.54, 1.807) is 11.8 Å². The van der Waals surface area contributed by atoms with E-state index in [-0.39, 0.29) is 0 Å². The minimum Gasteiger partial charge on any atom is -0.497 e. The third-order valence-corrected chi connectivity index (χ3v) is 3.47. The molecule has 0 saturated carbocycles. The van der Waals surface area contributed by atoms with Crippen molar-refractivity contribution >= 4 is 33.5 Å². The van der Waals surface area contributed by atoms with Gasteiger partial charge in [-0.15, -0.1) is 0 Å². The topological polar surface area (TPSA) is 39.9 Å². The van der Waals surface area contributed by atoms with Crippen molar-refractivity contribution in [3.05, 3.63) is 28.9 Å². The minimum atomic E-state index is 0.680. The third-order valence-electron chi connectivity index (χ3n) is 3.08. The minimum absolute atomic E-state index is 0.680. The first-order chi connectivity index (χ1) is 8.61. The van der Waals surface area contributed by atoms with Crippen LogP contribution in [0.5, 0.6) is 5.75 Å². The first kappa shape index (κ1) is 11.3. The molecule has 3 aromatic rings. The van der Waals surface area contributed by atoms with Gasteiger partial charge in [0.2, 0.25) is 0 Å². The molecule has 18 heavy (non-hydrogen) atoms. The average Bonchev–Trinajstić information content (AvgIpc) is 2.65. The normalized spacial score (nSPS) is 11.3. The van der Waals surface area contributed by atoms with Crippen LogP contribution in [0.2, 0.25) is 5.02 Å². The fraction of sp³-hybridized carbons (Fsp3) is 0.231. The first-order valence-corrected chi connectivity index (χ1v) is 5.96. The fourth-order valence-electron chi connectivity index (χ4n) is 2.20. The highest BCUT2D eigenvalue weighted by Crippen LogP contribution is 2.33. The zero-order chi connectivity index (χ0) is 12.9. The monoisotopic (exact) mass is 261 g/mol. The van der Waals surface area contributed by atoms with Gasteiger partial charge in [0, 0.05) is 12.4 Å². The van der Waals surface area contributed by atoms with Crippen molar-refractivity contribution in [2.45, 2.75) is 6.92 Å². The van der Waals surface area contributed by atoms with E-state index in [4.69, 9.17) is 16.3 Å². The number of ether oxygens (including phenoxy) is 1. The van der Waals surface area contributed by atoms with Crippen LogP contribution in [-0.2, 0) is 7.05 Å². The highest BCUT2D eigenvalue weighted by Gasteiger charge is 2.14. The quantitative estimate of drug-likeness (QED) is 0.676. The Kier molecular flexibility index (Phi) is 2.41. The molecule has 0 bridgehead atoms. The van der Waals surface area contributed by atoms with Crippen LogP contribution < -0.4 is 4.74 Å². The number of benzene rings is 1. The molecule has 3 rings (SSSR count). The number of methoxy groups -OCH3 is 1. The van der Waals surface area contributed by atoms with E-state index in [2.05, 4.69) is 10.1 Å². The lowest BCUT2D eigenvalue weighted by molar-refractivity contribution is 0.415. The van der Waals surface area contributed by atoms with Crippen molar-refractivity contribution in [1.82, 2.24) is 14.8 Å². The van der Waals surface area contributed by atoms with E-state index < -0.39 is 0 Å². The van der Waals surface area contributed by atoms with E-state index >= 15 is 0 Å². The van der Waals surface area contributed by atoms with Gasteiger partial charge < -0.3 is 4.74 Å². The average molecular weight is 262 g/mol. The highest BCUT2D eigenvalue weighted by atomic mass is 35.5. The maximum atomic E-state index is 6.47. The van der Waals surface area contributed by atoms with Crippen LogP contribution in [0.3, 0.4) is 0 Å². The lowest BCUT2D eigenvalue weighted by Gasteiger charge is -2.05. The molecule has 5 heteroatoms. The second-order valence-corrected chi connectivity index (χ2v) is 4.59. The van der Waals surface area contributed by atoms with Crippen LogP contribution in [0.15, 0.2) is 18.2 Å². The predicted octanol–water partition coefficient (Wildman–Crippen LogP) is 3.09. The number of aryl methyl sites for hydroxylation is 2. The number of pyridine rings is 1. The van der Waals surface area contributed by atoms with Crippen LogP contribution in [-0.4, -0.2) is 21.9 Å². The molecule has 0 N–H and O–H groups in total. The van der Waals surface area contributed by atoms with Crippen LogP contribution in [0, 0.1) is 6.92 Å². The molecule has 2 heterocycles. The third kappa shape index (κ3) is 1.46. The zero-order valence-electron chi connectivity index (χ0n) is 10.4. The van der Waals surface area contributed by atoms with Crippen molar-refractivity contribution in [2.75, 3.05) is 7.11 Å². The Balaban J connectivity index is 2.50. The van der Waals surface area contributed by atoms with Crippen LogP contribution in [0.4, 0.5) is 0 Å². The van der Waals surface area contributed by atoms with Gasteiger partial charge in [0.25, 0.3) is 0 Å². The molecule has 2 aromatic heterocycles. The number of nitrogens with zero attached hydrogens (tertiary/aromatic N) is 3. The van der Waals surface area contributed by atoms with Gasteiger partial charge in [-0.05, 0) is 25.1 Å². The second-order valence-electron chi connectivity index (χ2n) is 4.22. The van der Waals surface area contributed by atoms with E-state index in [0.29, 0.717) is 5.02 Å². The van der Waals surface area contributed by atoms with Gasteiger partial charge in [-0.3, -0.25) is 4.68 Å². The molecule has 0 atom stereocenters. The van der Waals surface area contributed by atoms with Gasteiger partial charge in [-0.25, -0.2) is 4.98 Å². The van der Waals surface area contributed by atoms with Crippen molar-refractivity contribution in [2.24, 2.45) is 7.05 Å². The van der Waals surface area contributed by atoms with Gasteiger partial charge in [-0.2, -0.15) is 5.10 Å². The second kappa shape index (κ2) is 3.85. The maximum absolute atomic E-state index is 6.47. The molecule has 1 aromatic carbocycles. The van der Waals surface area contributed by atoms with Crippen molar-refractivity contribution in [3.8, 4) is 5.75 Å². The summed E-state index contributed by atoms with van der Waals surface area (Å²) < 4.78 is 6.97. The van der Waals surface area contributed by atoms with Crippen LogP contribution >= 0.6 is 11.6 Å². The van der Waals surface area contributed by atoms with Gasteiger partial charge in [0.1, 0.15) is 5.75 Å². The van der Waals surface area contributed by atoms with Crippen molar-refractivity contribution in [1.29, 1.82) is 0 Å². The Labute approximate surface area is 109 Å². The Hall–Kier alpha value is -1.81. The summed E-state index contributed by atoms with van der Waals surface area (Å²) >= 11 is 6.47. The number of hydrogen-bond acceptors (Lipinski definition) is 3. The summed E-state index contributed by atoms with van der Waals surface area (Å²) in [6.45, 7) is 1.93. The van der Waals surface area contributed by atoms with Crippen molar-refractivity contribution < 1.29 is 4.74 Å². The largest absolute Gasteiger partial charge is 0.497 e. The number of hydrogen-bond donors (Lipinski definition) is 0. The smallest absolute Gasteiger partial charge is 0.159 e. The summed E-state index contributed by atoms with van der Waals surface area (Å²) in [4.78, 5) is 4.59. The first-order valence-electron chi connectivity index (χ1n) is 5.58. The molecule has 0 unspecified atom stereocenters. The summed E-state index contributed by atoms with van der Waals surface area (Å²) in [5, 5.41) is 6.83. The summed E-state index contributed by atoms with van der Waals surface area (Å²) in [5.41, 5.74) is 2.53. The lowest BCUT2D eigenvalue weighted by atomic mass is 10.1. The molecule has 0 fully saturated rings. The molecule has 0 radical (unpaired) electrons. The maximum Gasteiger partial charge on any atom is 0.159 e. The standard InChI is InChI=1S/C13H12ClN3O/c1-7-11-12(14)9-6-8(18-3)4-5-10(9)15-13(11)17(2)16-7/h4-6H,1-3H3. The van der Waals surface area contributed by atoms with E-state index in [1.165, 1.54) is 0 Å². The Morgan fingerprint density at radius 3 is 2.83 bits per heavy atom. The van der Waals surface area contributed by atoms with Crippen LogP contribution in [0.1, 0.15) is 5.69 Å². The molecule has 0 aliphatic rings. The molecular formula is C13H12ClN3O. The molecule has 92 valence electrons. The molecule has 0 spiro atoms. The van der Waals surface area contributed by atoms with E-state index in [0.717, 1.165) is 33.4 Å². The summed E-state index contributed by atoms with van der Waals surface area (Å²) in [6.07, 6.45) is 0. The summed E-state index contributed by atoms with van der Waals surface area (Å²) in [5.74, 6) is 0.770. The molecule has 4 nitrogen and oxygen atoms in total. The van der Waals surface area contributed by atoms with Crippen molar-refractivity contribution in [3.63, 3.8) is 0 Å². The predicted molar refractivity (Wildman–Crippen MR) is 72.3 cm³/mol. The molecular weight excluding hydrogens is 250 g/mol. The van der Waals surface area contributed by atoms with Gasteiger partial charge in [0.15, 0.2) is 5.65 Å². The number of halogens is 1. The summed E-state index contributed by atoms with van der Waals surface area (Å²) in [7, 11) is 3.50. The molecule has 0 aliphatic heterocycles. The molecule has 0 amide bonds. The Bertz CT molecular complexity index is 764. The Morgan fingerprint density at radius 1 is 1.33 bits per heavy atom. The molecule has 0 saturated heterocycles. The Morgan fingerprint density at radius 2 is 2.11 bits per heavy atom. The number of aromatic nitrogens is 3.